The van der Waals surface area contributed by atoms with E-state index < -0.39 is 11.7 Å². The second kappa shape index (κ2) is 6.01. The molecule has 2 heterocycles. The highest BCUT2D eigenvalue weighted by Crippen LogP contribution is 2.53. The van der Waals surface area contributed by atoms with E-state index in [4.69, 9.17) is 18.9 Å². The Kier molecular flexibility index (Phi) is 3.65. The lowest BCUT2D eigenvalue weighted by Gasteiger charge is -2.28. The molecule has 0 unspecified atom stereocenters. The molecule has 0 aliphatic carbocycles. The average Bonchev–Trinajstić information content (AvgIpc) is 3.01. The molecule has 0 aromatic heterocycles. The Bertz CT molecular complexity index is 1250. The predicted octanol–water partition coefficient (Wildman–Crippen LogP) is 3.11. The van der Waals surface area contributed by atoms with Gasteiger partial charge in [-0.15, -0.1) is 0 Å². The van der Waals surface area contributed by atoms with Gasteiger partial charge in [0.1, 0.15) is 0 Å². The van der Waals surface area contributed by atoms with Crippen molar-refractivity contribution in [1.82, 2.24) is 0 Å². The molecule has 1 amide bonds. The van der Waals surface area contributed by atoms with Crippen molar-refractivity contribution < 1.29 is 28.5 Å². The van der Waals surface area contributed by atoms with Crippen LogP contribution in [-0.2, 0) is 11.2 Å². The van der Waals surface area contributed by atoms with Gasteiger partial charge in [-0.3, -0.25) is 9.59 Å². The largest absolute Gasteiger partial charge is 0.493 e. The maximum atomic E-state index is 13.0. The number of amides is 1. The molecule has 2 aliphatic heterocycles. The number of fused-ring (bicyclic) bond motifs is 3. The molecule has 7 nitrogen and oxygen atoms in total. The van der Waals surface area contributed by atoms with Crippen LogP contribution >= 0.6 is 0 Å². The Labute approximate surface area is 166 Å². The zero-order valence-corrected chi connectivity index (χ0v) is 16.5. The Hall–Kier alpha value is -3.48. The molecule has 0 saturated carbocycles. The zero-order valence-electron chi connectivity index (χ0n) is 16.5. The Morgan fingerprint density at radius 1 is 0.793 bits per heavy atom. The molecule has 3 aromatic rings. The minimum absolute atomic E-state index is 0.409. The number of ketones is 1. The number of hydrogen-bond donors (Lipinski definition) is 0. The molecule has 0 radical (unpaired) electrons. The van der Waals surface area contributed by atoms with Crippen LogP contribution in [0.15, 0.2) is 18.2 Å². The van der Waals surface area contributed by atoms with Gasteiger partial charge in [0.25, 0.3) is 11.7 Å². The third-order valence-corrected chi connectivity index (χ3v) is 5.83. The standard InChI is InChI=1S/C22H19NO6/c1-26-13-8-11-12(9-14(13)27-2)18-19-16-10(5-6-23(19)22(25)20(18)24)7-15(28-3)21(29-4)17(11)16/h7-9H,5-6H2,1-4H3. The highest BCUT2D eigenvalue weighted by Gasteiger charge is 2.42. The van der Waals surface area contributed by atoms with Gasteiger partial charge in [0.05, 0.1) is 39.7 Å². The van der Waals surface area contributed by atoms with Crippen LogP contribution in [-0.4, -0.2) is 46.7 Å². The van der Waals surface area contributed by atoms with E-state index >= 15 is 0 Å². The first-order valence-corrected chi connectivity index (χ1v) is 9.21. The van der Waals surface area contributed by atoms with Gasteiger partial charge in [0.2, 0.25) is 0 Å². The van der Waals surface area contributed by atoms with Crippen LogP contribution in [0.5, 0.6) is 23.0 Å². The van der Waals surface area contributed by atoms with E-state index in [2.05, 4.69) is 0 Å². The molecule has 0 atom stereocenters. The lowest BCUT2D eigenvalue weighted by atomic mass is 9.88. The Morgan fingerprint density at radius 2 is 1.45 bits per heavy atom. The number of nitrogens with zero attached hydrogens (tertiary/aromatic N) is 1. The van der Waals surface area contributed by atoms with Crippen molar-refractivity contribution in [1.29, 1.82) is 0 Å². The SMILES string of the molecule is COc1cc2c3c4c5c(cc(OC)c(OC)c5c2cc1OC)CCN4C(=O)C3=O. The zero-order chi connectivity index (χ0) is 20.4. The third kappa shape index (κ3) is 2.07. The molecule has 0 saturated heterocycles. The maximum absolute atomic E-state index is 13.0. The summed E-state index contributed by atoms with van der Waals surface area (Å²) < 4.78 is 22.3. The summed E-state index contributed by atoms with van der Waals surface area (Å²) in [6, 6.07) is 5.50. The van der Waals surface area contributed by atoms with Crippen LogP contribution in [0.2, 0.25) is 0 Å². The first-order chi connectivity index (χ1) is 14.0. The molecule has 148 valence electrons. The Balaban J connectivity index is 2.10. The normalized spacial score (nSPS) is 14.7. The molecule has 0 fully saturated rings. The molecule has 5 rings (SSSR count). The first kappa shape index (κ1) is 17.6. The summed E-state index contributed by atoms with van der Waals surface area (Å²) in [6.45, 7) is 0.452. The van der Waals surface area contributed by atoms with Crippen molar-refractivity contribution in [3.63, 3.8) is 0 Å². The molecule has 0 spiro atoms. The van der Waals surface area contributed by atoms with Crippen LogP contribution in [0, 0.1) is 0 Å². The summed E-state index contributed by atoms with van der Waals surface area (Å²) >= 11 is 0. The molecular weight excluding hydrogens is 374 g/mol. The van der Waals surface area contributed by atoms with Crippen molar-refractivity contribution in [3.8, 4) is 23.0 Å². The maximum Gasteiger partial charge on any atom is 0.299 e. The molecule has 29 heavy (non-hydrogen) atoms. The smallest absolute Gasteiger partial charge is 0.299 e. The summed E-state index contributed by atoms with van der Waals surface area (Å²) in [5, 5.41) is 3.02. The monoisotopic (exact) mass is 393 g/mol. The first-order valence-electron chi connectivity index (χ1n) is 9.21. The van der Waals surface area contributed by atoms with E-state index in [1.807, 2.05) is 12.1 Å². The fourth-order valence-corrected chi connectivity index (χ4v) is 4.59. The van der Waals surface area contributed by atoms with Crippen LogP contribution in [0.4, 0.5) is 5.69 Å². The van der Waals surface area contributed by atoms with E-state index in [0.29, 0.717) is 52.6 Å². The van der Waals surface area contributed by atoms with Gasteiger partial charge in [0.15, 0.2) is 23.0 Å². The highest BCUT2D eigenvalue weighted by molar-refractivity contribution is 6.56. The highest BCUT2D eigenvalue weighted by atomic mass is 16.5. The van der Waals surface area contributed by atoms with Gasteiger partial charge in [-0.2, -0.15) is 0 Å². The number of hydrogen-bond acceptors (Lipinski definition) is 6. The summed E-state index contributed by atoms with van der Waals surface area (Å²) in [6.07, 6.45) is 0.626. The topological polar surface area (TPSA) is 74.3 Å². The number of carbonyl (C=O) groups excluding carboxylic acids is 2. The minimum atomic E-state index is -0.498. The average molecular weight is 393 g/mol. The van der Waals surface area contributed by atoms with E-state index in [-0.39, 0.29) is 0 Å². The van der Waals surface area contributed by atoms with Crippen molar-refractivity contribution in [2.24, 2.45) is 0 Å². The van der Waals surface area contributed by atoms with Crippen molar-refractivity contribution in [3.05, 3.63) is 29.3 Å². The quantitative estimate of drug-likeness (QED) is 0.501. The molecule has 3 aromatic carbocycles. The van der Waals surface area contributed by atoms with E-state index in [1.54, 1.807) is 32.3 Å². The summed E-state index contributed by atoms with van der Waals surface area (Å²) in [5.74, 6) is 1.18. The number of methoxy groups -OCH3 is 4. The predicted molar refractivity (Wildman–Crippen MR) is 108 cm³/mol. The van der Waals surface area contributed by atoms with Crippen molar-refractivity contribution in [2.45, 2.75) is 6.42 Å². The number of rotatable bonds is 4. The van der Waals surface area contributed by atoms with Crippen molar-refractivity contribution in [2.75, 3.05) is 39.9 Å². The van der Waals surface area contributed by atoms with Gasteiger partial charge in [-0.05, 0) is 41.0 Å². The number of benzene rings is 3. The summed E-state index contributed by atoms with van der Waals surface area (Å²) in [4.78, 5) is 27.3. The number of carbonyl (C=O) groups is 2. The Morgan fingerprint density at radius 3 is 2.07 bits per heavy atom. The number of Topliss-reactive ketones (excluding diaryl/α,β-unsaturated/α-hetero) is 1. The minimum Gasteiger partial charge on any atom is -0.493 e. The third-order valence-electron chi connectivity index (χ3n) is 5.83. The van der Waals surface area contributed by atoms with Crippen LogP contribution in [0.3, 0.4) is 0 Å². The second-order valence-corrected chi connectivity index (χ2v) is 7.03. The van der Waals surface area contributed by atoms with Crippen LogP contribution in [0.1, 0.15) is 15.9 Å². The van der Waals surface area contributed by atoms with Gasteiger partial charge in [-0.1, -0.05) is 0 Å². The fourth-order valence-electron chi connectivity index (χ4n) is 4.59. The molecule has 2 aliphatic rings. The van der Waals surface area contributed by atoms with Gasteiger partial charge in [-0.25, -0.2) is 0 Å². The summed E-state index contributed by atoms with van der Waals surface area (Å²) in [7, 11) is 6.27. The van der Waals surface area contributed by atoms with Gasteiger partial charge in [0, 0.05) is 17.3 Å². The van der Waals surface area contributed by atoms with Crippen LogP contribution in [0.25, 0.3) is 21.5 Å². The van der Waals surface area contributed by atoms with E-state index in [1.165, 1.54) is 7.11 Å². The number of anilines is 1. The lowest BCUT2D eigenvalue weighted by molar-refractivity contribution is -0.114. The fraction of sp³-hybridized carbons (Fsp3) is 0.273. The van der Waals surface area contributed by atoms with E-state index in [0.717, 1.165) is 21.7 Å². The molecular formula is C22H19NO6. The molecule has 0 bridgehead atoms. The molecule has 7 heteroatoms. The lowest BCUT2D eigenvalue weighted by Crippen LogP contribution is -2.33. The van der Waals surface area contributed by atoms with Gasteiger partial charge >= 0.3 is 0 Å². The molecule has 0 N–H and O–H groups in total. The summed E-state index contributed by atoms with van der Waals surface area (Å²) in [5.41, 5.74) is 2.08. The second-order valence-electron chi connectivity index (χ2n) is 7.03. The van der Waals surface area contributed by atoms with Gasteiger partial charge < -0.3 is 23.8 Å². The van der Waals surface area contributed by atoms with Crippen molar-refractivity contribution >= 4 is 38.9 Å². The van der Waals surface area contributed by atoms with Crippen LogP contribution < -0.4 is 23.8 Å². The number of ether oxygens (including phenoxy) is 4. The van der Waals surface area contributed by atoms with E-state index in [9.17, 15) is 9.59 Å².